The number of anilines is 2. The monoisotopic (exact) mass is 432 g/mol. The van der Waals surface area contributed by atoms with Crippen LogP contribution in [0.4, 0.5) is 11.4 Å². The van der Waals surface area contributed by atoms with Crippen molar-refractivity contribution >= 4 is 45.2 Å². The molecule has 1 heterocycles. The number of rotatable bonds is 6. The van der Waals surface area contributed by atoms with Gasteiger partial charge in [0.1, 0.15) is 16.9 Å². The minimum Gasteiger partial charge on any atom is -0.495 e. The smallest absolute Gasteiger partial charge is 0.338 e. The zero-order chi connectivity index (χ0) is 22.8. The molecule has 0 saturated heterocycles. The molecule has 1 amide bonds. The van der Waals surface area contributed by atoms with Gasteiger partial charge in [0.2, 0.25) is 0 Å². The first-order valence-corrected chi connectivity index (χ1v) is 10.2. The van der Waals surface area contributed by atoms with E-state index in [2.05, 4.69) is 5.32 Å². The minimum absolute atomic E-state index is 0.372. The molecule has 1 aromatic heterocycles. The van der Waals surface area contributed by atoms with Crippen molar-refractivity contribution in [1.29, 1.82) is 0 Å². The average molecular weight is 432 g/mol. The molecule has 1 N–H and O–H groups in total. The van der Waals surface area contributed by atoms with Crippen LogP contribution in [0.15, 0.2) is 65.1 Å². The summed E-state index contributed by atoms with van der Waals surface area (Å²) in [5.41, 5.74) is 3.03. The van der Waals surface area contributed by atoms with E-state index < -0.39 is 18.0 Å². The van der Waals surface area contributed by atoms with E-state index in [1.54, 1.807) is 24.3 Å². The fourth-order valence-electron chi connectivity index (χ4n) is 3.45. The standard InChI is InChI=1S/C25H24N2O5/c1-15(31-25(29)16-8-7-9-17(12-16)27(2)3)24(28)26-20-14-22-19(13-23(20)30-4)18-10-5-6-11-21(18)32-22/h5-15H,1-4H3,(H,26,28). The highest BCUT2D eigenvalue weighted by molar-refractivity contribution is 6.08. The molecule has 1 unspecified atom stereocenters. The highest BCUT2D eigenvalue weighted by Crippen LogP contribution is 2.36. The number of ether oxygens (including phenoxy) is 2. The number of furan rings is 1. The fraction of sp³-hybridized carbons (Fsp3) is 0.200. The van der Waals surface area contributed by atoms with Gasteiger partial charge in [0.15, 0.2) is 6.10 Å². The Morgan fingerprint density at radius 3 is 2.50 bits per heavy atom. The van der Waals surface area contributed by atoms with Gasteiger partial charge in [-0.25, -0.2) is 4.79 Å². The number of carbonyl (C=O) groups excluding carboxylic acids is 2. The molecule has 0 spiro atoms. The molecule has 0 aliphatic heterocycles. The second-order valence-corrected chi connectivity index (χ2v) is 7.63. The number of nitrogens with one attached hydrogen (secondary N) is 1. The molecule has 32 heavy (non-hydrogen) atoms. The van der Waals surface area contributed by atoms with Gasteiger partial charge in [-0.1, -0.05) is 24.3 Å². The summed E-state index contributed by atoms with van der Waals surface area (Å²) in [6.07, 6.45) is -1.01. The van der Waals surface area contributed by atoms with Gasteiger partial charge in [0.25, 0.3) is 5.91 Å². The van der Waals surface area contributed by atoms with Crippen LogP contribution in [0.2, 0.25) is 0 Å². The Morgan fingerprint density at radius 1 is 0.969 bits per heavy atom. The Labute approximate surface area is 185 Å². The Hall–Kier alpha value is -4.00. The van der Waals surface area contributed by atoms with Gasteiger partial charge in [-0.3, -0.25) is 4.79 Å². The molecule has 4 aromatic rings. The zero-order valence-corrected chi connectivity index (χ0v) is 18.3. The summed E-state index contributed by atoms with van der Waals surface area (Å²) in [6.45, 7) is 1.52. The topological polar surface area (TPSA) is 81.0 Å². The minimum atomic E-state index is -1.01. The first kappa shape index (κ1) is 21.2. The predicted molar refractivity (Wildman–Crippen MR) is 125 cm³/mol. The van der Waals surface area contributed by atoms with Crippen LogP contribution in [0.5, 0.6) is 5.75 Å². The van der Waals surface area contributed by atoms with Crippen LogP contribution in [0.3, 0.4) is 0 Å². The second kappa shape index (κ2) is 8.63. The summed E-state index contributed by atoms with van der Waals surface area (Å²) in [4.78, 5) is 27.2. The van der Waals surface area contributed by atoms with Crippen LogP contribution in [0.25, 0.3) is 21.9 Å². The third-order valence-corrected chi connectivity index (χ3v) is 5.21. The van der Waals surface area contributed by atoms with Crippen molar-refractivity contribution < 1.29 is 23.5 Å². The van der Waals surface area contributed by atoms with Gasteiger partial charge in [0.05, 0.1) is 18.4 Å². The van der Waals surface area contributed by atoms with Crippen molar-refractivity contribution in [1.82, 2.24) is 0 Å². The van der Waals surface area contributed by atoms with Crippen LogP contribution in [-0.4, -0.2) is 39.2 Å². The zero-order valence-electron chi connectivity index (χ0n) is 18.3. The number of fused-ring (bicyclic) bond motifs is 3. The Morgan fingerprint density at radius 2 is 1.75 bits per heavy atom. The molecule has 0 radical (unpaired) electrons. The number of para-hydroxylation sites is 1. The Balaban J connectivity index is 1.53. The van der Waals surface area contributed by atoms with Crippen molar-refractivity contribution in [2.45, 2.75) is 13.0 Å². The molecule has 7 heteroatoms. The molecular weight excluding hydrogens is 408 g/mol. The third kappa shape index (κ3) is 4.09. The van der Waals surface area contributed by atoms with Crippen LogP contribution in [0.1, 0.15) is 17.3 Å². The number of amides is 1. The van der Waals surface area contributed by atoms with E-state index in [9.17, 15) is 9.59 Å². The van der Waals surface area contributed by atoms with Crippen LogP contribution >= 0.6 is 0 Å². The van der Waals surface area contributed by atoms with Crippen molar-refractivity contribution in [2.75, 3.05) is 31.4 Å². The average Bonchev–Trinajstić information content (AvgIpc) is 3.15. The largest absolute Gasteiger partial charge is 0.495 e. The SMILES string of the molecule is COc1cc2c(cc1NC(=O)C(C)OC(=O)c1cccc(N(C)C)c1)oc1ccccc12. The lowest BCUT2D eigenvalue weighted by molar-refractivity contribution is -0.123. The molecule has 7 nitrogen and oxygen atoms in total. The lowest BCUT2D eigenvalue weighted by Gasteiger charge is -2.16. The maximum absolute atomic E-state index is 12.7. The molecule has 164 valence electrons. The van der Waals surface area contributed by atoms with E-state index in [1.807, 2.05) is 55.4 Å². The second-order valence-electron chi connectivity index (χ2n) is 7.63. The van der Waals surface area contributed by atoms with E-state index in [4.69, 9.17) is 13.9 Å². The molecule has 4 rings (SSSR count). The summed E-state index contributed by atoms with van der Waals surface area (Å²) in [5, 5.41) is 4.62. The quantitative estimate of drug-likeness (QED) is 0.439. The molecule has 1 atom stereocenters. The van der Waals surface area contributed by atoms with Gasteiger partial charge in [-0.15, -0.1) is 0 Å². The first-order chi connectivity index (χ1) is 15.4. The molecule has 0 saturated carbocycles. The van der Waals surface area contributed by atoms with Gasteiger partial charge < -0.3 is 24.1 Å². The molecule has 3 aromatic carbocycles. The Bertz CT molecular complexity index is 1310. The molecule has 0 aliphatic carbocycles. The number of nitrogens with zero attached hydrogens (tertiary/aromatic N) is 1. The number of esters is 1. The van der Waals surface area contributed by atoms with Crippen molar-refractivity contribution in [2.24, 2.45) is 0 Å². The lowest BCUT2D eigenvalue weighted by atomic mass is 10.1. The van der Waals surface area contributed by atoms with Crippen LogP contribution < -0.4 is 15.0 Å². The lowest BCUT2D eigenvalue weighted by Crippen LogP contribution is -2.30. The number of methoxy groups -OCH3 is 1. The summed E-state index contributed by atoms with van der Waals surface area (Å²) in [6, 6.07) is 18.2. The van der Waals surface area contributed by atoms with Gasteiger partial charge in [-0.2, -0.15) is 0 Å². The molecular formula is C25H24N2O5. The highest BCUT2D eigenvalue weighted by atomic mass is 16.5. The fourth-order valence-corrected chi connectivity index (χ4v) is 3.45. The highest BCUT2D eigenvalue weighted by Gasteiger charge is 2.21. The van der Waals surface area contributed by atoms with Crippen molar-refractivity contribution in [3.8, 4) is 5.75 Å². The summed E-state index contributed by atoms with van der Waals surface area (Å²) in [7, 11) is 5.29. The van der Waals surface area contributed by atoms with Gasteiger partial charge >= 0.3 is 5.97 Å². The molecule has 0 fully saturated rings. The van der Waals surface area contributed by atoms with Gasteiger partial charge in [-0.05, 0) is 37.3 Å². The summed E-state index contributed by atoms with van der Waals surface area (Å²) in [5.74, 6) is -0.568. The molecule has 0 bridgehead atoms. The van der Waals surface area contributed by atoms with Gasteiger partial charge in [0, 0.05) is 36.6 Å². The van der Waals surface area contributed by atoms with E-state index >= 15 is 0 Å². The number of benzene rings is 3. The van der Waals surface area contributed by atoms with E-state index in [0.717, 1.165) is 22.0 Å². The summed E-state index contributed by atoms with van der Waals surface area (Å²) >= 11 is 0. The number of carbonyl (C=O) groups is 2. The summed E-state index contributed by atoms with van der Waals surface area (Å²) < 4.78 is 16.7. The maximum atomic E-state index is 12.7. The third-order valence-electron chi connectivity index (χ3n) is 5.21. The maximum Gasteiger partial charge on any atom is 0.338 e. The van der Waals surface area contributed by atoms with Crippen molar-refractivity contribution in [3.05, 3.63) is 66.2 Å². The van der Waals surface area contributed by atoms with E-state index in [-0.39, 0.29) is 0 Å². The van der Waals surface area contributed by atoms with E-state index in [0.29, 0.717) is 22.6 Å². The Kier molecular flexibility index (Phi) is 5.73. The van der Waals surface area contributed by atoms with E-state index in [1.165, 1.54) is 14.0 Å². The van der Waals surface area contributed by atoms with Crippen molar-refractivity contribution in [3.63, 3.8) is 0 Å². The predicted octanol–water partition coefficient (Wildman–Crippen LogP) is 4.84. The van der Waals surface area contributed by atoms with Crippen LogP contribution in [-0.2, 0) is 9.53 Å². The molecule has 0 aliphatic rings. The normalized spacial score (nSPS) is 11.9. The number of hydrogen-bond acceptors (Lipinski definition) is 6. The first-order valence-electron chi connectivity index (χ1n) is 10.2. The van der Waals surface area contributed by atoms with Crippen LogP contribution in [0, 0.1) is 0 Å². The number of hydrogen-bond donors (Lipinski definition) is 1.